The van der Waals surface area contributed by atoms with Crippen LogP contribution in [0.3, 0.4) is 0 Å². The number of hydrogen-bond acceptors (Lipinski definition) is 0. The summed E-state index contributed by atoms with van der Waals surface area (Å²) in [6, 6.07) is 0. The van der Waals surface area contributed by atoms with E-state index in [4.69, 9.17) is 0 Å². The third-order valence-corrected chi connectivity index (χ3v) is 8.02. The van der Waals surface area contributed by atoms with Crippen LogP contribution in [0.1, 0.15) is 80.6 Å². The summed E-state index contributed by atoms with van der Waals surface area (Å²) in [5.41, 5.74) is 0. The minimum absolute atomic E-state index is 0.0570. The fourth-order valence-corrected chi connectivity index (χ4v) is 10.2. The Morgan fingerprint density at radius 1 is 0.750 bits per heavy atom. The fourth-order valence-electron chi connectivity index (χ4n) is 4.16. The summed E-state index contributed by atoms with van der Waals surface area (Å²) < 4.78 is 0. The van der Waals surface area contributed by atoms with Gasteiger partial charge in [-0.05, 0) is 28.3 Å². The molecule has 0 amide bonds. The lowest BCUT2D eigenvalue weighted by molar-refractivity contribution is 0.402. The first-order valence-electron chi connectivity index (χ1n) is 6.88. The van der Waals surface area contributed by atoms with Gasteiger partial charge in [0.15, 0.2) is 0 Å². The van der Waals surface area contributed by atoms with E-state index in [9.17, 15) is 0 Å². The van der Waals surface area contributed by atoms with Crippen molar-refractivity contribution in [1.29, 1.82) is 0 Å². The maximum atomic E-state index is 2.58. The van der Waals surface area contributed by atoms with Crippen LogP contribution in [0.4, 0.5) is 0 Å². The summed E-state index contributed by atoms with van der Waals surface area (Å²) >= 11 is 0. The molecule has 1 heteroatoms. The van der Waals surface area contributed by atoms with Crippen molar-refractivity contribution in [3.05, 3.63) is 0 Å². The molecular formula is C15H31P. The zero-order chi connectivity index (χ0) is 12.6. The summed E-state index contributed by atoms with van der Waals surface area (Å²) in [5.74, 6) is 0. The lowest BCUT2D eigenvalue weighted by Gasteiger charge is -2.54. The van der Waals surface area contributed by atoms with Crippen LogP contribution in [0.5, 0.6) is 0 Å². The standard InChI is InChI=1S/C15H31P/c1-13(2,3)16(14(4,5)6)15(7)11-9-8-10-12-15/h8-12H2,1-7H3. The first-order valence-corrected chi connectivity index (χ1v) is 8.22. The van der Waals surface area contributed by atoms with Gasteiger partial charge in [-0.2, -0.15) is 0 Å². The van der Waals surface area contributed by atoms with Gasteiger partial charge in [0.1, 0.15) is 0 Å². The molecule has 0 unspecified atom stereocenters. The van der Waals surface area contributed by atoms with Crippen LogP contribution in [0.15, 0.2) is 0 Å². The van der Waals surface area contributed by atoms with E-state index in [0.717, 1.165) is 0 Å². The molecule has 1 aliphatic rings. The van der Waals surface area contributed by atoms with Crippen molar-refractivity contribution in [2.75, 3.05) is 0 Å². The lowest BCUT2D eigenvalue weighted by Crippen LogP contribution is -2.39. The molecule has 0 aliphatic heterocycles. The van der Waals surface area contributed by atoms with Gasteiger partial charge in [0.25, 0.3) is 0 Å². The first kappa shape index (κ1) is 14.5. The second kappa shape index (κ2) is 4.60. The highest BCUT2D eigenvalue weighted by Crippen LogP contribution is 2.70. The second-order valence-corrected chi connectivity index (χ2v) is 12.2. The van der Waals surface area contributed by atoms with Crippen LogP contribution < -0.4 is 0 Å². The lowest BCUT2D eigenvalue weighted by atomic mass is 9.90. The molecule has 0 nitrogen and oxygen atoms in total. The highest BCUT2D eigenvalue weighted by Gasteiger charge is 2.46. The maximum absolute atomic E-state index is 2.58. The van der Waals surface area contributed by atoms with Crippen molar-refractivity contribution >= 4 is 7.92 Å². The van der Waals surface area contributed by atoms with Gasteiger partial charge >= 0.3 is 0 Å². The van der Waals surface area contributed by atoms with E-state index in [1.807, 2.05) is 0 Å². The average molecular weight is 242 g/mol. The van der Waals surface area contributed by atoms with Gasteiger partial charge in [-0.25, -0.2) is 0 Å². The first-order chi connectivity index (χ1) is 7.07. The Morgan fingerprint density at radius 2 is 1.12 bits per heavy atom. The molecule has 0 aromatic carbocycles. The van der Waals surface area contributed by atoms with Crippen molar-refractivity contribution in [3.8, 4) is 0 Å². The molecule has 0 bridgehead atoms. The minimum atomic E-state index is 0.0570. The van der Waals surface area contributed by atoms with Gasteiger partial charge in [0.05, 0.1) is 0 Å². The highest BCUT2D eigenvalue weighted by molar-refractivity contribution is 7.62. The Balaban J connectivity index is 3.01. The third kappa shape index (κ3) is 3.22. The molecular weight excluding hydrogens is 211 g/mol. The molecule has 1 fully saturated rings. The Morgan fingerprint density at radius 3 is 1.44 bits per heavy atom. The summed E-state index contributed by atoms with van der Waals surface area (Å²) in [5, 5.41) is 1.60. The van der Waals surface area contributed by atoms with E-state index in [2.05, 4.69) is 48.5 Å². The molecule has 16 heavy (non-hydrogen) atoms. The van der Waals surface area contributed by atoms with Crippen molar-refractivity contribution in [2.45, 2.75) is 96.0 Å². The molecule has 1 saturated carbocycles. The normalized spacial score (nSPS) is 22.5. The van der Waals surface area contributed by atoms with Crippen molar-refractivity contribution < 1.29 is 0 Å². The zero-order valence-electron chi connectivity index (χ0n) is 12.5. The third-order valence-electron chi connectivity index (χ3n) is 3.81. The smallest absolute Gasteiger partial charge is 0.0113 e. The molecule has 0 N–H and O–H groups in total. The Hall–Kier alpha value is 0.430. The molecule has 0 aromatic heterocycles. The molecule has 0 aromatic rings. The SMILES string of the molecule is CC(C)(C)P(C(C)(C)C)C1(C)CCCCC1. The Kier molecular flexibility index (Phi) is 4.17. The molecule has 1 rings (SSSR count). The predicted octanol–water partition coefficient (Wildman–Crippen LogP) is 5.79. The monoisotopic (exact) mass is 242 g/mol. The minimum Gasteiger partial charge on any atom is -0.0895 e. The summed E-state index contributed by atoms with van der Waals surface area (Å²) in [7, 11) is 0.0570. The van der Waals surface area contributed by atoms with Gasteiger partial charge in [0.2, 0.25) is 0 Å². The van der Waals surface area contributed by atoms with E-state index >= 15 is 0 Å². The van der Waals surface area contributed by atoms with Crippen LogP contribution in [0.2, 0.25) is 0 Å². The molecule has 0 spiro atoms. The van der Waals surface area contributed by atoms with Crippen molar-refractivity contribution in [2.24, 2.45) is 0 Å². The van der Waals surface area contributed by atoms with Crippen molar-refractivity contribution in [3.63, 3.8) is 0 Å². The summed E-state index contributed by atoms with van der Waals surface area (Å²) in [6.07, 6.45) is 7.32. The van der Waals surface area contributed by atoms with Gasteiger partial charge in [-0.15, -0.1) is 0 Å². The van der Waals surface area contributed by atoms with Crippen LogP contribution in [0, 0.1) is 0 Å². The quantitative estimate of drug-likeness (QED) is 0.511. The van der Waals surface area contributed by atoms with E-state index in [1.54, 1.807) is 0 Å². The number of hydrogen-bond donors (Lipinski definition) is 0. The van der Waals surface area contributed by atoms with Gasteiger partial charge in [-0.1, -0.05) is 75.7 Å². The molecule has 0 saturated heterocycles. The zero-order valence-corrected chi connectivity index (χ0v) is 13.4. The molecule has 0 heterocycles. The van der Waals surface area contributed by atoms with E-state index in [-0.39, 0.29) is 7.92 Å². The summed E-state index contributed by atoms with van der Waals surface area (Å²) in [4.78, 5) is 0. The topological polar surface area (TPSA) is 0 Å². The Labute approximate surface area is 104 Å². The molecule has 1 aliphatic carbocycles. The number of rotatable bonds is 1. The maximum Gasteiger partial charge on any atom is -0.0113 e. The van der Waals surface area contributed by atoms with Crippen LogP contribution >= 0.6 is 7.92 Å². The Bertz CT molecular complexity index is 209. The summed E-state index contributed by atoms with van der Waals surface area (Å²) in [6.45, 7) is 17.4. The van der Waals surface area contributed by atoms with Gasteiger partial charge < -0.3 is 0 Å². The van der Waals surface area contributed by atoms with E-state index in [0.29, 0.717) is 15.5 Å². The fraction of sp³-hybridized carbons (Fsp3) is 1.00. The van der Waals surface area contributed by atoms with Crippen LogP contribution in [0.25, 0.3) is 0 Å². The van der Waals surface area contributed by atoms with Gasteiger partial charge in [0, 0.05) is 0 Å². The average Bonchev–Trinajstić information content (AvgIpc) is 1.97. The van der Waals surface area contributed by atoms with E-state index < -0.39 is 0 Å². The molecule has 0 radical (unpaired) electrons. The molecule has 0 atom stereocenters. The van der Waals surface area contributed by atoms with Crippen LogP contribution in [-0.4, -0.2) is 15.5 Å². The van der Waals surface area contributed by atoms with Crippen LogP contribution in [-0.2, 0) is 0 Å². The second-order valence-electron chi connectivity index (χ2n) is 7.73. The highest BCUT2D eigenvalue weighted by atomic mass is 31.1. The largest absolute Gasteiger partial charge is 0.0895 e. The van der Waals surface area contributed by atoms with E-state index in [1.165, 1.54) is 32.1 Å². The molecule has 96 valence electrons. The van der Waals surface area contributed by atoms with Gasteiger partial charge in [-0.3, -0.25) is 0 Å². The predicted molar refractivity (Wildman–Crippen MR) is 77.9 cm³/mol. The van der Waals surface area contributed by atoms with Crippen molar-refractivity contribution in [1.82, 2.24) is 0 Å².